The first kappa shape index (κ1) is 16.7. The molecular weight excluding hydrogens is 322 g/mol. The molecule has 122 valence electrons. The van der Waals surface area contributed by atoms with Crippen LogP contribution < -0.4 is 10.0 Å². The number of aliphatic hydroxyl groups is 1. The van der Waals surface area contributed by atoms with Gasteiger partial charge in [0, 0.05) is 18.7 Å². The van der Waals surface area contributed by atoms with Gasteiger partial charge in [-0.05, 0) is 18.2 Å². The number of hydrogen-bond donors (Lipinski definition) is 3. The number of sulfonamides is 1. The molecule has 0 aliphatic heterocycles. The van der Waals surface area contributed by atoms with Crippen LogP contribution >= 0.6 is 0 Å². The first-order valence-electron chi connectivity index (χ1n) is 6.65. The third-order valence-electron chi connectivity index (χ3n) is 2.94. The second-order valence-corrected chi connectivity index (χ2v) is 6.24. The Hall–Kier alpha value is -2.65. The van der Waals surface area contributed by atoms with E-state index in [1.54, 1.807) is 18.2 Å². The summed E-state index contributed by atoms with van der Waals surface area (Å²) in [5.74, 6) is 0. The molecule has 0 aliphatic rings. The van der Waals surface area contributed by atoms with Crippen molar-refractivity contribution in [1.82, 2.24) is 0 Å². The van der Waals surface area contributed by atoms with Gasteiger partial charge < -0.3 is 10.4 Å². The van der Waals surface area contributed by atoms with Crippen molar-refractivity contribution >= 4 is 27.1 Å². The number of nitrogens with zero attached hydrogens (tertiary/aromatic N) is 1. The molecule has 0 spiro atoms. The molecule has 0 unspecified atom stereocenters. The van der Waals surface area contributed by atoms with Gasteiger partial charge in [-0.2, -0.15) is 0 Å². The number of anilines is 2. The maximum atomic E-state index is 12.4. The number of nitro groups is 1. The summed E-state index contributed by atoms with van der Waals surface area (Å²) in [5.41, 5.74) is 0.131. The van der Waals surface area contributed by atoms with Crippen molar-refractivity contribution in [3.63, 3.8) is 0 Å². The van der Waals surface area contributed by atoms with Gasteiger partial charge in [0.2, 0.25) is 0 Å². The van der Waals surface area contributed by atoms with Crippen LogP contribution in [0.25, 0.3) is 0 Å². The smallest absolute Gasteiger partial charge is 0.271 e. The van der Waals surface area contributed by atoms with Gasteiger partial charge in [0.1, 0.15) is 0 Å². The minimum absolute atomic E-state index is 0.0384. The van der Waals surface area contributed by atoms with E-state index in [9.17, 15) is 18.5 Å². The Bertz CT molecular complexity index is 793. The fourth-order valence-electron chi connectivity index (χ4n) is 1.88. The number of hydrogen-bond acceptors (Lipinski definition) is 6. The van der Waals surface area contributed by atoms with Crippen molar-refractivity contribution in [1.29, 1.82) is 0 Å². The van der Waals surface area contributed by atoms with Gasteiger partial charge in [0.05, 0.1) is 27.8 Å². The third-order valence-corrected chi connectivity index (χ3v) is 4.32. The second kappa shape index (κ2) is 7.07. The lowest BCUT2D eigenvalue weighted by Crippen LogP contribution is -2.15. The van der Waals surface area contributed by atoms with Crippen molar-refractivity contribution in [2.75, 3.05) is 23.2 Å². The first-order chi connectivity index (χ1) is 10.9. The van der Waals surface area contributed by atoms with Crippen LogP contribution in [0.2, 0.25) is 0 Å². The third kappa shape index (κ3) is 4.18. The predicted molar refractivity (Wildman–Crippen MR) is 85.9 cm³/mol. The molecule has 0 aliphatic carbocycles. The molecule has 0 atom stereocenters. The Balaban J connectivity index is 2.39. The standard InChI is InChI=1S/C14H15N3O5S/c18-9-8-15-13-7-6-11(17(19)20)10-14(13)16-23(21,22)12-4-2-1-3-5-12/h1-7,10,15-16,18H,8-9H2. The highest BCUT2D eigenvalue weighted by Crippen LogP contribution is 2.29. The maximum Gasteiger partial charge on any atom is 0.271 e. The molecule has 0 bridgehead atoms. The van der Waals surface area contributed by atoms with Crippen molar-refractivity contribution in [3.05, 3.63) is 58.6 Å². The highest BCUT2D eigenvalue weighted by molar-refractivity contribution is 7.92. The minimum Gasteiger partial charge on any atom is -0.395 e. The van der Waals surface area contributed by atoms with Crippen LogP contribution in [0.5, 0.6) is 0 Å². The minimum atomic E-state index is -3.88. The van der Waals surface area contributed by atoms with Crippen LogP contribution in [0.15, 0.2) is 53.4 Å². The van der Waals surface area contributed by atoms with Crippen LogP contribution in [0.3, 0.4) is 0 Å². The van der Waals surface area contributed by atoms with E-state index in [1.807, 2.05) is 0 Å². The first-order valence-corrected chi connectivity index (χ1v) is 8.13. The molecule has 23 heavy (non-hydrogen) atoms. The Morgan fingerprint density at radius 3 is 2.39 bits per heavy atom. The zero-order valence-electron chi connectivity index (χ0n) is 12.0. The molecular formula is C14H15N3O5S. The molecule has 0 saturated heterocycles. The Labute approximate surface area is 133 Å². The summed E-state index contributed by atoms with van der Waals surface area (Å²) in [6.07, 6.45) is 0. The normalized spacial score (nSPS) is 11.0. The largest absolute Gasteiger partial charge is 0.395 e. The zero-order valence-corrected chi connectivity index (χ0v) is 12.8. The van der Waals surface area contributed by atoms with Crippen molar-refractivity contribution in [2.24, 2.45) is 0 Å². The number of benzene rings is 2. The van der Waals surface area contributed by atoms with Crippen molar-refractivity contribution in [2.45, 2.75) is 4.90 Å². The van der Waals surface area contributed by atoms with Crippen molar-refractivity contribution < 1.29 is 18.4 Å². The predicted octanol–water partition coefficient (Wildman–Crippen LogP) is 1.80. The number of rotatable bonds is 7. The van der Waals surface area contributed by atoms with E-state index in [4.69, 9.17) is 5.11 Å². The van der Waals surface area contributed by atoms with E-state index in [0.717, 1.165) is 6.07 Å². The maximum absolute atomic E-state index is 12.4. The average Bonchev–Trinajstić information content (AvgIpc) is 2.54. The lowest BCUT2D eigenvalue weighted by Gasteiger charge is -2.13. The molecule has 0 aromatic heterocycles. The van der Waals surface area contributed by atoms with Gasteiger partial charge in [-0.3, -0.25) is 14.8 Å². The highest BCUT2D eigenvalue weighted by Gasteiger charge is 2.18. The molecule has 0 amide bonds. The van der Waals surface area contributed by atoms with E-state index in [1.165, 1.54) is 24.3 Å². The van der Waals surface area contributed by atoms with Gasteiger partial charge in [-0.15, -0.1) is 0 Å². The molecule has 0 fully saturated rings. The van der Waals surface area contributed by atoms with Crippen LogP contribution in [0.1, 0.15) is 0 Å². The topological polar surface area (TPSA) is 122 Å². The van der Waals surface area contributed by atoms with Gasteiger partial charge in [0.15, 0.2) is 0 Å². The molecule has 3 N–H and O–H groups in total. The summed E-state index contributed by atoms with van der Waals surface area (Å²) in [6.45, 7) is 0.0136. The zero-order chi connectivity index (χ0) is 16.9. The molecule has 9 heteroatoms. The van der Waals surface area contributed by atoms with Crippen molar-refractivity contribution in [3.8, 4) is 0 Å². The van der Waals surface area contributed by atoms with Gasteiger partial charge in [-0.25, -0.2) is 8.42 Å². The Morgan fingerprint density at radius 2 is 1.78 bits per heavy atom. The molecule has 2 aromatic carbocycles. The van der Waals surface area contributed by atoms with Crippen LogP contribution in [-0.2, 0) is 10.0 Å². The van der Waals surface area contributed by atoms with E-state index in [0.29, 0.717) is 5.69 Å². The lowest BCUT2D eigenvalue weighted by molar-refractivity contribution is -0.384. The van der Waals surface area contributed by atoms with Gasteiger partial charge >= 0.3 is 0 Å². The molecule has 0 radical (unpaired) electrons. The van der Waals surface area contributed by atoms with Crippen LogP contribution in [-0.4, -0.2) is 31.6 Å². The molecule has 2 rings (SSSR count). The SMILES string of the molecule is O=[N+]([O-])c1ccc(NCCO)c(NS(=O)(=O)c2ccccc2)c1. The van der Waals surface area contributed by atoms with Crippen LogP contribution in [0.4, 0.5) is 17.1 Å². The molecule has 2 aromatic rings. The fourth-order valence-corrected chi connectivity index (χ4v) is 2.97. The fraction of sp³-hybridized carbons (Fsp3) is 0.143. The van der Waals surface area contributed by atoms with E-state index >= 15 is 0 Å². The summed E-state index contributed by atoms with van der Waals surface area (Å²) in [4.78, 5) is 10.3. The molecule has 0 saturated carbocycles. The average molecular weight is 337 g/mol. The molecule has 8 nitrogen and oxygen atoms in total. The quantitative estimate of drug-likeness (QED) is 0.523. The monoisotopic (exact) mass is 337 g/mol. The van der Waals surface area contributed by atoms with Crippen LogP contribution in [0, 0.1) is 10.1 Å². The second-order valence-electron chi connectivity index (χ2n) is 4.56. The number of aliphatic hydroxyl groups excluding tert-OH is 1. The Kier molecular flexibility index (Phi) is 5.14. The highest BCUT2D eigenvalue weighted by atomic mass is 32.2. The van der Waals surface area contributed by atoms with Gasteiger partial charge in [0.25, 0.3) is 15.7 Å². The summed E-state index contributed by atoms with van der Waals surface area (Å²) >= 11 is 0. The summed E-state index contributed by atoms with van der Waals surface area (Å²) < 4.78 is 27.0. The summed E-state index contributed by atoms with van der Waals surface area (Å²) in [5, 5.41) is 22.5. The lowest BCUT2D eigenvalue weighted by atomic mass is 10.2. The number of nitro benzene ring substituents is 1. The van der Waals surface area contributed by atoms with E-state index in [2.05, 4.69) is 10.0 Å². The number of non-ortho nitro benzene ring substituents is 1. The Morgan fingerprint density at radius 1 is 1.09 bits per heavy atom. The summed E-state index contributed by atoms with van der Waals surface area (Å²) in [6, 6.07) is 11.4. The van der Waals surface area contributed by atoms with E-state index in [-0.39, 0.29) is 29.4 Å². The molecule has 0 heterocycles. The summed E-state index contributed by atoms with van der Waals surface area (Å²) in [7, 11) is -3.88. The van der Waals surface area contributed by atoms with Gasteiger partial charge in [-0.1, -0.05) is 18.2 Å². The van der Waals surface area contributed by atoms with E-state index < -0.39 is 14.9 Å². The number of nitrogens with one attached hydrogen (secondary N) is 2.